The van der Waals surface area contributed by atoms with Crippen LogP contribution in [0, 0.1) is 6.92 Å². The maximum atomic E-state index is 12.3. The van der Waals surface area contributed by atoms with Crippen molar-refractivity contribution in [2.24, 2.45) is 0 Å². The van der Waals surface area contributed by atoms with Crippen molar-refractivity contribution in [2.75, 3.05) is 17.7 Å². The van der Waals surface area contributed by atoms with Crippen LogP contribution in [0.1, 0.15) is 5.56 Å². The second kappa shape index (κ2) is 5.61. The Hall–Kier alpha value is -2.56. The van der Waals surface area contributed by atoms with E-state index in [1.807, 2.05) is 31.2 Å². The van der Waals surface area contributed by atoms with Crippen molar-refractivity contribution in [3.05, 3.63) is 58.5 Å². The molecule has 0 aliphatic heterocycles. The number of nitrogens with two attached hydrogens (primary N) is 1. The first kappa shape index (κ1) is 13.9. The van der Waals surface area contributed by atoms with Gasteiger partial charge in [-0.15, -0.1) is 0 Å². The van der Waals surface area contributed by atoms with Gasteiger partial charge >= 0.3 is 0 Å². The molecule has 1 amide bonds. The molecule has 1 aromatic heterocycles. The summed E-state index contributed by atoms with van der Waals surface area (Å²) in [4.78, 5) is 25.5. The normalized spacial score (nSPS) is 10.3. The lowest BCUT2D eigenvalue weighted by Gasteiger charge is -2.20. The van der Waals surface area contributed by atoms with Crippen molar-refractivity contribution in [3.63, 3.8) is 0 Å². The maximum absolute atomic E-state index is 12.3. The molecule has 0 aliphatic carbocycles. The predicted octanol–water partition coefficient (Wildman–Crippen LogP) is 1.40. The molecule has 2 rings (SSSR count). The van der Waals surface area contributed by atoms with E-state index in [9.17, 15) is 9.59 Å². The number of carbonyl (C=O) groups is 1. The van der Waals surface area contributed by atoms with Gasteiger partial charge in [0, 0.05) is 30.7 Å². The van der Waals surface area contributed by atoms with E-state index >= 15 is 0 Å². The summed E-state index contributed by atoms with van der Waals surface area (Å²) in [5, 5.41) is 0. The number of rotatable bonds is 3. The molecule has 0 saturated heterocycles. The molecule has 0 radical (unpaired) electrons. The summed E-state index contributed by atoms with van der Waals surface area (Å²) < 4.78 is 1.31. The Morgan fingerprint density at radius 2 is 1.95 bits per heavy atom. The van der Waals surface area contributed by atoms with E-state index in [0.717, 1.165) is 11.3 Å². The Bertz CT molecular complexity index is 692. The monoisotopic (exact) mass is 271 g/mol. The Morgan fingerprint density at radius 1 is 1.25 bits per heavy atom. The van der Waals surface area contributed by atoms with Crippen molar-refractivity contribution in [3.8, 4) is 0 Å². The number of para-hydroxylation sites is 1. The zero-order valence-electron chi connectivity index (χ0n) is 11.5. The van der Waals surface area contributed by atoms with Gasteiger partial charge in [-0.3, -0.25) is 9.59 Å². The topological polar surface area (TPSA) is 68.3 Å². The second-order valence-corrected chi connectivity index (χ2v) is 4.67. The molecule has 1 aromatic carbocycles. The molecule has 0 atom stereocenters. The van der Waals surface area contributed by atoms with Crippen molar-refractivity contribution in [2.45, 2.75) is 13.5 Å². The van der Waals surface area contributed by atoms with Gasteiger partial charge in [0.1, 0.15) is 6.54 Å². The predicted molar refractivity (Wildman–Crippen MR) is 79.7 cm³/mol. The highest BCUT2D eigenvalue weighted by atomic mass is 16.2. The number of aryl methyl sites for hydroxylation is 1. The first-order valence-corrected chi connectivity index (χ1v) is 6.27. The average Bonchev–Trinajstić information content (AvgIpc) is 2.42. The molecule has 5 heteroatoms. The summed E-state index contributed by atoms with van der Waals surface area (Å²) in [6.07, 6.45) is 1.48. The minimum absolute atomic E-state index is 0.0330. The Labute approximate surface area is 117 Å². The minimum atomic E-state index is -0.245. The third kappa shape index (κ3) is 2.88. The second-order valence-electron chi connectivity index (χ2n) is 4.67. The van der Waals surface area contributed by atoms with Gasteiger partial charge in [-0.2, -0.15) is 0 Å². The smallest absolute Gasteiger partial charge is 0.251 e. The van der Waals surface area contributed by atoms with Crippen LogP contribution in [0.3, 0.4) is 0 Å². The number of hydrogen-bond donors (Lipinski definition) is 1. The number of likely N-dealkylation sites (N-methyl/N-ethyl adjacent to an activating group) is 1. The average molecular weight is 271 g/mol. The van der Waals surface area contributed by atoms with Gasteiger partial charge in [0.15, 0.2) is 0 Å². The third-order valence-electron chi connectivity index (χ3n) is 3.16. The van der Waals surface area contributed by atoms with Gasteiger partial charge in [0.05, 0.1) is 0 Å². The molecular weight excluding hydrogens is 254 g/mol. The first-order chi connectivity index (χ1) is 9.49. The fraction of sp³-hybridized carbons (Fsp3) is 0.200. The highest BCUT2D eigenvalue weighted by Gasteiger charge is 2.13. The minimum Gasteiger partial charge on any atom is -0.398 e. The number of anilines is 2. The lowest BCUT2D eigenvalue weighted by atomic mass is 10.2. The summed E-state index contributed by atoms with van der Waals surface area (Å²) >= 11 is 0. The van der Waals surface area contributed by atoms with Crippen LogP contribution in [-0.4, -0.2) is 17.5 Å². The number of hydrogen-bond acceptors (Lipinski definition) is 3. The summed E-state index contributed by atoms with van der Waals surface area (Å²) in [6, 6.07) is 10.5. The molecular formula is C15H17N3O2. The molecule has 0 fully saturated rings. The van der Waals surface area contributed by atoms with Gasteiger partial charge in [0.25, 0.3) is 5.56 Å². The summed E-state index contributed by atoms with van der Waals surface area (Å²) in [6.45, 7) is 1.90. The molecule has 104 valence electrons. The van der Waals surface area contributed by atoms with E-state index < -0.39 is 0 Å². The Balaban J connectivity index is 2.22. The number of nitrogens with zero attached hydrogens (tertiary/aromatic N) is 2. The van der Waals surface area contributed by atoms with E-state index in [4.69, 9.17) is 5.73 Å². The van der Waals surface area contributed by atoms with Gasteiger partial charge in [-0.05, 0) is 24.6 Å². The van der Waals surface area contributed by atoms with Crippen LogP contribution in [-0.2, 0) is 11.3 Å². The van der Waals surface area contributed by atoms with E-state index in [-0.39, 0.29) is 18.0 Å². The number of carbonyl (C=O) groups excluding carboxylic acids is 1. The Kier molecular flexibility index (Phi) is 3.89. The van der Waals surface area contributed by atoms with Crippen molar-refractivity contribution in [1.29, 1.82) is 0 Å². The molecule has 1 heterocycles. The quantitative estimate of drug-likeness (QED) is 0.917. The van der Waals surface area contributed by atoms with Crippen LogP contribution >= 0.6 is 0 Å². The molecule has 0 saturated carbocycles. The molecule has 0 spiro atoms. The molecule has 0 unspecified atom stereocenters. The number of nitrogen functional groups attached to an aromatic ring is 1. The highest BCUT2D eigenvalue weighted by molar-refractivity contribution is 5.93. The summed E-state index contributed by atoms with van der Waals surface area (Å²) in [7, 11) is 1.70. The molecule has 5 nitrogen and oxygen atoms in total. The molecule has 0 bridgehead atoms. The first-order valence-electron chi connectivity index (χ1n) is 6.27. The number of pyridine rings is 1. The molecule has 2 N–H and O–H groups in total. The van der Waals surface area contributed by atoms with Crippen molar-refractivity contribution >= 4 is 17.3 Å². The van der Waals surface area contributed by atoms with Gasteiger partial charge < -0.3 is 15.2 Å². The van der Waals surface area contributed by atoms with E-state index in [0.29, 0.717) is 5.69 Å². The van der Waals surface area contributed by atoms with Gasteiger partial charge in [0.2, 0.25) is 5.91 Å². The van der Waals surface area contributed by atoms with Gasteiger partial charge in [-0.1, -0.05) is 18.2 Å². The summed E-state index contributed by atoms with van der Waals surface area (Å²) in [5.74, 6) is -0.174. The largest absolute Gasteiger partial charge is 0.398 e. The van der Waals surface area contributed by atoms with E-state index in [2.05, 4.69) is 0 Å². The lowest BCUT2D eigenvalue weighted by molar-refractivity contribution is -0.118. The van der Waals surface area contributed by atoms with Crippen LogP contribution < -0.4 is 16.2 Å². The summed E-state index contributed by atoms with van der Waals surface area (Å²) in [5.41, 5.74) is 7.67. The van der Waals surface area contributed by atoms with Crippen molar-refractivity contribution < 1.29 is 4.79 Å². The SMILES string of the molecule is Cc1ccccc1N(C)C(=O)Cn1cc(N)ccc1=O. The third-order valence-corrected chi connectivity index (χ3v) is 3.16. The standard InChI is InChI=1S/C15H17N3O2/c1-11-5-3-4-6-13(11)17(2)15(20)10-18-9-12(16)7-8-14(18)19/h3-9H,10,16H2,1-2H3. The van der Waals surface area contributed by atoms with E-state index in [1.165, 1.54) is 22.9 Å². The zero-order chi connectivity index (χ0) is 14.7. The van der Waals surface area contributed by atoms with E-state index in [1.54, 1.807) is 11.9 Å². The fourth-order valence-electron chi connectivity index (χ4n) is 2.00. The molecule has 0 aliphatic rings. The lowest BCUT2D eigenvalue weighted by Crippen LogP contribution is -2.34. The van der Waals surface area contributed by atoms with Gasteiger partial charge in [-0.25, -0.2) is 0 Å². The van der Waals surface area contributed by atoms with Crippen LogP contribution in [0.25, 0.3) is 0 Å². The zero-order valence-corrected chi connectivity index (χ0v) is 11.5. The number of amides is 1. The number of aromatic nitrogens is 1. The van der Waals surface area contributed by atoms with Crippen LogP contribution in [0.2, 0.25) is 0 Å². The van der Waals surface area contributed by atoms with Crippen LogP contribution in [0.15, 0.2) is 47.4 Å². The molecule has 20 heavy (non-hydrogen) atoms. The maximum Gasteiger partial charge on any atom is 0.251 e. The fourth-order valence-corrected chi connectivity index (χ4v) is 2.00. The van der Waals surface area contributed by atoms with Crippen molar-refractivity contribution in [1.82, 2.24) is 4.57 Å². The van der Waals surface area contributed by atoms with Crippen LogP contribution in [0.4, 0.5) is 11.4 Å². The highest BCUT2D eigenvalue weighted by Crippen LogP contribution is 2.18. The van der Waals surface area contributed by atoms with Crippen LogP contribution in [0.5, 0.6) is 0 Å². The Morgan fingerprint density at radius 3 is 2.65 bits per heavy atom. The number of benzene rings is 1. The molecule has 2 aromatic rings.